The standard InChI is InChI=1S/C14H16N4O2/c19-14(16-7-5-11-4-1-2-6-15-11)12-10-13-18(17-12)8-3-9-20-13/h1-2,4,6,10H,3,5,7-9H2,(H,16,19). The molecule has 0 bridgehead atoms. The molecule has 2 aromatic heterocycles. The molecule has 1 aliphatic heterocycles. The van der Waals surface area contributed by atoms with Gasteiger partial charge in [-0.15, -0.1) is 0 Å². The highest BCUT2D eigenvalue weighted by Gasteiger charge is 2.17. The number of ether oxygens (including phenoxy) is 1. The first-order valence-corrected chi connectivity index (χ1v) is 6.72. The van der Waals surface area contributed by atoms with Crippen LogP contribution in [0.25, 0.3) is 0 Å². The molecule has 0 saturated heterocycles. The quantitative estimate of drug-likeness (QED) is 0.902. The zero-order valence-electron chi connectivity index (χ0n) is 11.1. The number of aryl methyl sites for hydroxylation is 1. The molecule has 0 fully saturated rings. The van der Waals surface area contributed by atoms with Crippen LogP contribution in [0.1, 0.15) is 22.6 Å². The number of fused-ring (bicyclic) bond motifs is 1. The Morgan fingerprint density at radius 1 is 1.45 bits per heavy atom. The number of aromatic nitrogens is 3. The molecule has 6 heteroatoms. The van der Waals surface area contributed by atoms with Crippen molar-refractivity contribution >= 4 is 5.91 Å². The van der Waals surface area contributed by atoms with Gasteiger partial charge in [-0.1, -0.05) is 6.07 Å². The number of nitrogens with one attached hydrogen (secondary N) is 1. The minimum absolute atomic E-state index is 0.175. The molecular weight excluding hydrogens is 256 g/mol. The van der Waals surface area contributed by atoms with E-state index in [0.717, 1.165) is 18.7 Å². The average Bonchev–Trinajstić information content (AvgIpc) is 2.92. The Labute approximate surface area is 116 Å². The normalized spacial score (nSPS) is 13.4. The summed E-state index contributed by atoms with van der Waals surface area (Å²) >= 11 is 0. The molecule has 0 aromatic carbocycles. The van der Waals surface area contributed by atoms with Crippen molar-refractivity contribution < 1.29 is 9.53 Å². The average molecular weight is 272 g/mol. The number of pyridine rings is 1. The van der Waals surface area contributed by atoms with Crippen molar-refractivity contribution in [1.82, 2.24) is 20.1 Å². The summed E-state index contributed by atoms with van der Waals surface area (Å²) in [5.41, 5.74) is 1.36. The third-order valence-corrected chi connectivity index (χ3v) is 3.13. The van der Waals surface area contributed by atoms with Gasteiger partial charge in [0.2, 0.25) is 5.88 Å². The minimum Gasteiger partial charge on any atom is -0.478 e. The molecule has 1 amide bonds. The molecule has 0 atom stereocenters. The molecule has 20 heavy (non-hydrogen) atoms. The summed E-state index contributed by atoms with van der Waals surface area (Å²) in [5.74, 6) is 0.498. The third-order valence-electron chi connectivity index (χ3n) is 3.13. The molecule has 104 valence electrons. The number of carbonyl (C=O) groups excluding carboxylic acids is 1. The van der Waals surface area contributed by atoms with Crippen molar-refractivity contribution in [3.8, 4) is 5.88 Å². The molecule has 0 spiro atoms. The predicted octanol–water partition coefficient (Wildman–Crippen LogP) is 1.03. The summed E-state index contributed by atoms with van der Waals surface area (Å²) in [6.45, 7) is 2.03. The first-order chi connectivity index (χ1) is 9.83. The first kappa shape index (κ1) is 12.7. The fourth-order valence-corrected chi connectivity index (χ4v) is 2.12. The van der Waals surface area contributed by atoms with Gasteiger partial charge in [0.15, 0.2) is 5.69 Å². The summed E-state index contributed by atoms with van der Waals surface area (Å²) in [6, 6.07) is 7.44. The highest BCUT2D eigenvalue weighted by molar-refractivity contribution is 5.92. The second-order valence-corrected chi connectivity index (χ2v) is 4.62. The van der Waals surface area contributed by atoms with E-state index in [1.54, 1.807) is 16.9 Å². The van der Waals surface area contributed by atoms with E-state index in [1.807, 2.05) is 18.2 Å². The van der Waals surface area contributed by atoms with Crippen molar-refractivity contribution in [2.24, 2.45) is 0 Å². The number of amides is 1. The lowest BCUT2D eigenvalue weighted by Crippen LogP contribution is -2.26. The zero-order chi connectivity index (χ0) is 13.8. The van der Waals surface area contributed by atoms with Gasteiger partial charge in [0, 0.05) is 43.9 Å². The van der Waals surface area contributed by atoms with Gasteiger partial charge in [0.05, 0.1) is 6.61 Å². The number of hydrogen-bond donors (Lipinski definition) is 1. The topological polar surface area (TPSA) is 69.0 Å². The molecule has 3 rings (SSSR count). The van der Waals surface area contributed by atoms with Crippen molar-refractivity contribution in [3.63, 3.8) is 0 Å². The van der Waals surface area contributed by atoms with Crippen LogP contribution < -0.4 is 10.1 Å². The van der Waals surface area contributed by atoms with Crippen LogP contribution in [0.2, 0.25) is 0 Å². The van der Waals surface area contributed by atoms with Crippen molar-refractivity contribution in [1.29, 1.82) is 0 Å². The largest absolute Gasteiger partial charge is 0.478 e. The SMILES string of the molecule is O=C(NCCc1ccccn1)c1cc2n(n1)CCCO2. The van der Waals surface area contributed by atoms with Crippen LogP contribution in [0.4, 0.5) is 0 Å². The van der Waals surface area contributed by atoms with Crippen LogP contribution in [-0.2, 0) is 13.0 Å². The molecule has 3 heterocycles. The Balaban J connectivity index is 1.55. The Morgan fingerprint density at radius 2 is 2.40 bits per heavy atom. The second kappa shape index (κ2) is 5.73. The van der Waals surface area contributed by atoms with Crippen LogP contribution in [0.15, 0.2) is 30.5 Å². The van der Waals surface area contributed by atoms with Gasteiger partial charge in [0.1, 0.15) is 0 Å². The smallest absolute Gasteiger partial charge is 0.271 e. The van der Waals surface area contributed by atoms with Gasteiger partial charge in [-0.05, 0) is 12.1 Å². The van der Waals surface area contributed by atoms with E-state index < -0.39 is 0 Å². The lowest BCUT2D eigenvalue weighted by atomic mass is 10.2. The number of rotatable bonds is 4. The van der Waals surface area contributed by atoms with E-state index in [1.165, 1.54) is 0 Å². The second-order valence-electron chi connectivity index (χ2n) is 4.62. The minimum atomic E-state index is -0.175. The number of nitrogens with zero attached hydrogens (tertiary/aromatic N) is 3. The molecule has 0 unspecified atom stereocenters. The van der Waals surface area contributed by atoms with Crippen LogP contribution in [-0.4, -0.2) is 33.8 Å². The van der Waals surface area contributed by atoms with Crippen molar-refractivity contribution in [2.75, 3.05) is 13.2 Å². The van der Waals surface area contributed by atoms with E-state index in [-0.39, 0.29) is 5.91 Å². The van der Waals surface area contributed by atoms with E-state index in [0.29, 0.717) is 31.1 Å². The van der Waals surface area contributed by atoms with Crippen molar-refractivity contribution in [3.05, 3.63) is 41.9 Å². The van der Waals surface area contributed by atoms with Gasteiger partial charge >= 0.3 is 0 Å². The van der Waals surface area contributed by atoms with Gasteiger partial charge in [-0.2, -0.15) is 5.10 Å². The Bertz CT molecular complexity index is 571. The van der Waals surface area contributed by atoms with Crippen LogP contribution in [0.3, 0.4) is 0 Å². The van der Waals surface area contributed by atoms with Crippen LogP contribution >= 0.6 is 0 Å². The highest BCUT2D eigenvalue weighted by atomic mass is 16.5. The summed E-state index contributed by atoms with van der Waals surface area (Å²) < 4.78 is 7.17. The maximum atomic E-state index is 12.0. The fraction of sp³-hybridized carbons (Fsp3) is 0.357. The van der Waals surface area contributed by atoms with E-state index in [9.17, 15) is 4.79 Å². The summed E-state index contributed by atoms with van der Waals surface area (Å²) in [6.07, 6.45) is 3.38. The van der Waals surface area contributed by atoms with Crippen LogP contribution in [0.5, 0.6) is 5.88 Å². The third kappa shape index (κ3) is 2.79. The first-order valence-electron chi connectivity index (χ1n) is 6.72. The van der Waals surface area contributed by atoms with E-state index in [4.69, 9.17) is 4.74 Å². The maximum Gasteiger partial charge on any atom is 0.271 e. The summed E-state index contributed by atoms with van der Waals surface area (Å²) in [4.78, 5) is 16.2. The number of carbonyl (C=O) groups is 1. The summed E-state index contributed by atoms with van der Waals surface area (Å²) in [7, 11) is 0. The maximum absolute atomic E-state index is 12.0. The zero-order valence-corrected chi connectivity index (χ0v) is 11.1. The molecular formula is C14H16N4O2. The van der Waals surface area contributed by atoms with Gasteiger partial charge in [-0.25, -0.2) is 4.68 Å². The lowest BCUT2D eigenvalue weighted by molar-refractivity contribution is 0.0948. The Morgan fingerprint density at radius 3 is 3.20 bits per heavy atom. The molecule has 1 N–H and O–H groups in total. The Hall–Kier alpha value is -2.37. The number of hydrogen-bond acceptors (Lipinski definition) is 4. The van der Waals surface area contributed by atoms with E-state index >= 15 is 0 Å². The Kier molecular flexibility index (Phi) is 3.62. The van der Waals surface area contributed by atoms with Crippen molar-refractivity contribution in [2.45, 2.75) is 19.4 Å². The molecule has 0 aliphatic carbocycles. The lowest BCUT2D eigenvalue weighted by Gasteiger charge is -2.13. The van der Waals surface area contributed by atoms with Gasteiger partial charge in [0.25, 0.3) is 5.91 Å². The molecule has 6 nitrogen and oxygen atoms in total. The monoisotopic (exact) mass is 272 g/mol. The molecule has 0 saturated carbocycles. The van der Waals surface area contributed by atoms with E-state index in [2.05, 4.69) is 15.4 Å². The molecule has 1 aliphatic rings. The highest BCUT2D eigenvalue weighted by Crippen LogP contribution is 2.18. The van der Waals surface area contributed by atoms with Gasteiger partial charge < -0.3 is 10.1 Å². The van der Waals surface area contributed by atoms with Crippen LogP contribution in [0, 0.1) is 0 Å². The predicted molar refractivity (Wildman–Crippen MR) is 72.6 cm³/mol. The molecule has 2 aromatic rings. The van der Waals surface area contributed by atoms with Gasteiger partial charge in [-0.3, -0.25) is 9.78 Å². The fourth-order valence-electron chi connectivity index (χ4n) is 2.12. The summed E-state index contributed by atoms with van der Waals surface area (Å²) in [5, 5.41) is 7.09. The molecule has 0 radical (unpaired) electrons.